The van der Waals surface area contributed by atoms with Crippen LogP contribution in [0.2, 0.25) is 0 Å². The van der Waals surface area contributed by atoms with Crippen molar-refractivity contribution in [3.63, 3.8) is 0 Å². The van der Waals surface area contributed by atoms with Gasteiger partial charge < -0.3 is 15.5 Å². The number of hydrogen-bond acceptors (Lipinski definition) is 13. The Morgan fingerprint density at radius 1 is 0.914 bits per heavy atom. The third-order valence-corrected chi connectivity index (χ3v) is 7.26. The number of nitrogens with zero attached hydrogens (tertiary/aromatic N) is 2. The minimum Gasteiger partial charge on any atom is -0.744 e. The van der Waals surface area contributed by atoms with Crippen molar-refractivity contribution in [2.75, 3.05) is 18.1 Å². The number of rotatable bonds is 10. The Bertz CT molecular complexity index is 1390. The number of hydrogen-bond donors (Lipinski definition) is 1. The molecule has 2 N–H and O–H groups in total. The van der Waals surface area contributed by atoms with Gasteiger partial charge in [0, 0.05) is 10.8 Å². The van der Waals surface area contributed by atoms with Crippen molar-refractivity contribution in [1.82, 2.24) is 0 Å². The van der Waals surface area contributed by atoms with E-state index in [-0.39, 0.29) is 105 Å². The van der Waals surface area contributed by atoms with Gasteiger partial charge in [0.15, 0.2) is 22.2 Å². The second-order valence-electron chi connectivity index (χ2n) is 6.35. The van der Waals surface area contributed by atoms with Crippen molar-refractivity contribution in [2.45, 2.75) is 9.79 Å². The van der Waals surface area contributed by atoms with E-state index in [4.69, 9.17) is 9.92 Å². The van der Waals surface area contributed by atoms with Crippen molar-refractivity contribution in [3.8, 4) is 0 Å². The van der Waals surface area contributed by atoms with Crippen molar-refractivity contribution in [3.05, 3.63) is 54.6 Å². The van der Waals surface area contributed by atoms with Gasteiger partial charge in [-0.25, -0.2) is 16.8 Å². The van der Waals surface area contributed by atoms with Gasteiger partial charge in [0.2, 0.25) is 0 Å². The standard InChI is InChI=1S/C18H17N3O9S3.2Na/c19-16-9-8-14-15(2-1-3-17(14)33(25,26)27)18(16)21-20-12-4-6-13(7-5-12)32(23,24)11-10-28-31-30-29-22;;/h1-9,22H,10-11,19H2,(H,25,26,27);;/q;2*+1/p-2. The molecule has 3 aromatic rings. The van der Waals surface area contributed by atoms with Gasteiger partial charge in [0.1, 0.15) is 15.8 Å². The summed E-state index contributed by atoms with van der Waals surface area (Å²) in [6, 6.07) is 12.4. The molecule has 0 saturated carbocycles. The summed E-state index contributed by atoms with van der Waals surface area (Å²) in [5.74, 6) is -0.374. The zero-order chi connectivity index (χ0) is 24.1. The Balaban J connectivity index is 0.00000306. The maximum absolute atomic E-state index is 12.3. The van der Waals surface area contributed by atoms with Gasteiger partial charge in [-0.2, -0.15) is 5.11 Å². The molecule has 0 atom stereocenters. The quantitative estimate of drug-likeness (QED) is 0.0376. The predicted molar refractivity (Wildman–Crippen MR) is 115 cm³/mol. The topological polar surface area (TPSA) is 193 Å². The molecule has 0 aromatic heterocycles. The predicted octanol–water partition coefficient (Wildman–Crippen LogP) is -3.67. The van der Waals surface area contributed by atoms with Crippen LogP contribution in [-0.4, -0.2) is 33.7 Å². The van der Waals surface area contributed by atoms with E-state index in [1.165, 1.54) is 48.5 Å². The van der Waals surface area contributed by atoms with E-state index in [9.17, 15) is 26.6 Å². The number of azo groups is 1. The van der Waals surface area contributed by atoms with Gasteiger partial charge in [0.25, 0.3) is 0 Å². The Morgan fingerprint density at radius 2 is 1.60 bits per heavy atom. The molecule has 0 aliphatic rings. The van der Waals surface area contributed by atoms with Crippen LogP contribution in [0.25, 0.3) is 10.8 Å². The summed E-state index contributed by atoms with van der Waals surface area (Å²) in [5, 5.41) is 21.3. The zero-order valence-electron chi connectivity index (χ0n) is 18.5. The van der Waals surface area contributed by atoms with E-state index in [1.54, 1.807) is 6.07 Å². The minimum absolute atomic E-state index is 0. The third-order valence-electron chi connectivity index (χ3n) is 4.29. The van der Waals surface area contributed by atoms with Crippen LogP contribution >= 0.6 is 12.3 Å². The maximum Gasteiger partial charge on any atom is 1.00 e. The molecule has 12 nitrogen and oxygen atoms in total. The third kappa shape index (κ3) is 8.72. The average Bonchev–Trinajstić information content (AvgIpc) is 2.77. The fourth-order valence-corrected chi connectivity index (χ4v) is 4.91. The molecule has 0 heterocycles. The van der Waals surface area contributed by atoms with Crippen LogP contribution in [-0.2, 0) is 33.5 Å². The summed E-state index contributed by atoms with van der Waals surface area (Å²) in [4.78, 5) is -0.397. The number of anilines is 1. The molecule has 35 heavy (non-hydrogen) atoms. The molecule has 0 amide bonds. The fourth-order valence-electron chi connectivity index (χ4n) is 2.81. The monoisotopic (exact) mass is 559 g/mol. The van der Waals surface area contributed by atoms with Gasteiger partial charge in [-0.05, 0) is 36.4 Å². The summed E-state index contributed by atoms with van der Waals surface area (Å²) in [7, 11) is -8.39. The van der Waals surface area contributed by atoms with Crippen LogP contribution < -0.4 is 70.1 Å². The van der Waals surface area contributed by atoms with E-state index in [0.717, 1.165) is 0 Å². The van der Waals surface area contributed by atoms with Crippen LogP contribution in [0.1, 0.15) is 0 Å². The van der Waals surface area contributed by atoms with Crippen LogP contribution in [0.4, 0.5) is 17.1 Å². The first-order valence-electron chi connectivity index (χ1n) is 8.90. The van der Waals surface area contributed by atoms with Gasteiger partial charge in [0.05, 0.1) is 33.5 Å². The van der Waals surface area contributed by atoms with E-state index >= 15 is 0 Å². The van der Waals surface area contributed by atoms with Crippen LogP contribution in [0.3, 0.4) is 0 Å². The normalized spacial score (nSPS) is 11.8. The second kappa shape index (κ2) is 14.3. The van der Waals surface area contributed by atoms with Crippen LogP contribution in [0.15, 0.2) is 74.6 Å². The number of nitrogens with two attached hydrogens (primary N) is 1. The molecule has 0 radical (unpaired) electrons. The first kappa shape index (κ1) is 32.4. The number of nitrogen functional groups attached to an aromatic ring is 1. The molecule has 0 fully saturated rings. The van der Waals surface area contributed by atoms with E-state index in [0.29, 0.717) is 11.1 Å². The molecule has 3 aromatic carbocycles. The smallest absolute Gasteiger partial charge is 0.744 e. The molecular weight excluding hydrogens is 544 g/mol. The first-order chi connectivity index (χ1) is 15.6. The summed E-state index contributed by atoms with van der Waals surface area (Å²) in [6.45, 7) is -0.251. The summed E-state index contributed by atoms with van der Waals surface area (Å²) < 4.78 is 67.7. The molecule has 0 unspecified atom stereocenters. The SMILES string of the molecule is Nc1ccc2c(S(=O)(=O)[O-])cccc2c1N=Nc1ccc(S(=O)(=O)CCOSOO[O-])cc1.[Na+].[Na+]. The van der Waals surface area contributed by atoms with Crippen molar-refractivity contribution in [2.24, 2.45) is 10.2 Å². The van der Waals surface area contributed by atoms with Gasteiger partial charge in [-0.3, -0.25) is 9.22 Å². The number of benzene rings is 3. The van der Waals surface area contributed by atoms with Crippen molar-refractivity contribution in [1.29, 1.82) is 0 Å². The largest absolute Gasteiger partial charge is 1.00 e. The summed E-state index contributed by atoms with van der Waals surface area (Å²) >= 11 is 0.213. The number of fused-ring (bicyclic) bond motifs is 1. The minimum atomic E-state index is -4.71. The van der Waals surface area contributed by atoms with Gasteiger partial charge >= 0.3 is 59.1 Å². The Morgan fingerprint density at radius 3 is 2.23 bits per heavy atom. The molecule has 0 saturated heterocycles. The molecule has 176 valence electrons. The molecular formula is C18H15N3Na2O9S3. The van der Waals surface area contributed by atoms with Crippen LogP contribution in [0.5, 0.6) is 0 Å². The van der Waals surface area contributed by atoms with E-state index < -0.39 is 24.9 Å². The van der Waals surface area contributed by atoms with E-state index in [1.807, 2.05) is 0 Å². The second-order valence-corrected chi connectivity index (χ2v) is 10.3. The van der Waals surface area contributed by atoms with Crippen molar-refractivity contribution >= 4 is 60.1 Å². The van der Waals surface area contributed by atoms with Crippen molar-refractivity contribution < 1.29 is 99.3 Å². The van der Waals surface area contributed by atoms with Crippen LogP contribution in [0, 0.1) is 0 Å². The fraction of sp³-hybridized carbons (Fsp3) is 0.111. The van der Waals surface area contributed by atoms with E-state index in [2.05, 4.69) is 19.6 Å². The Labute approximate surface area is 249 Å². The zero-order valence-corrected chi connectivity index (χ0v) is 24.9. The maximum atomic E-state index is 12.3. The Hall–Kier alpha value is -0.630. The van der Waals surface area contributed by atoms with Gasteiger partial charge in [-0.15, -0.1) is 9.45 Å². The Kier molecular flexibility index (Phi) is 13.3. The average molecular weight is 560 g/mol. The first-order valence-corrected chi connectivity index (χ1v) is 12.6. The number of sulfone groups is 1. The molecule has 3 rings (SSSR count). The molecule has 17 heteroatoms. The molecule has 0 aliphatic carbocycles. The summed E-state index contributed by atoms with van der Waals surface area (Å²) in [6.07, 6.45) is 0. The van der Waals surface area contributed by atoms with Gasteiger partial charge in [-0.1, -0.05) is 18.2 Å². The molecule has 0 spiro atoms. The molecule has 0 aliphatic heterocycles. The molecule has 0 bridgehead atoms. The summed E-state index contributed by atoms with van der Waals surface area (Å²) in [5.41, 5.74) is 6.62.